The van der Waals surface area contributed by atoms with E-state index in [-0.39, 0.29) is 0 Å². The largest absolute Gasteiger partial charge is 0.360 e. The maximum absolute atomic E-state index is 6.15. The molecule has 0 radical (unpaired) electrons. The zero-order valence-corrected chi connectivity index (χ0v) is 7.92. The zero-order chi connectivity index (χ0) is 9.31. The minimum absolute atomic E-state index is 0.547. The molecule has 2 N–H and O–H groups in total. The number of rotatable bonds is 1. The van der Waals surface area contributed by atoms with Gasteiger partial charge in [0.05, 0.1) is 0 Å². The molecule has 2 nitrogen and oxygen atoms in total. The lowest BCUT2D eigenvalue weighted by atomic mass is 9.85. The van der Waals surface area contributed by atoms with Crippen molar-refractivity contribution in [1.82, 2.24) is 0 Å². The van der Waals surface area contributed by atoms with Gasteiger partial charge in [-0.2, -0.15) is 0 Å². The maximum atomic E-state index is 6.15. The zero-order valence-electron chi connectivity index (χ0n) is 7.92. The Morgan fingerprint density at radius 1 is 1.38 bits per heavy atom. The number of fused-ring (bicyclic) bond motifs is 1. The van der Waals surface area contributed by atoms with Gasteiger partial charge in [-0.15, -0.1) is 0 Å². The van der Waals surface area contributed by atoms with Gasteiger partial charge in [0, 0.05) is 12.7 Å². The first-order chi connectivity index (χ1) is 6.26. The fourth-order valence-corrected chi connectivity index (χ4v) is 2.04. The van der Waals surface area contributed by atoms with Gasteiger partial charge < -0.3 is 4.74 Å². The summed E-state index contributed by atoms with van der Waals surface area (Å²) in [4.78, 5) is 0. The molecule has 0 heterocycles. The van der Waals surface area contributed by atoms with E-state index < -0.39 is 5.72 Å². The van der Waals surface area contributed by atoms with Crippen molar-refractivity contribution >= 4 is 0 Å². The SMILES string of the molecule is COC1(N)CCCc2ccccc21. The molecule has 13 heavy (non-hydrogen) atoms. The Hall–Kier alpha value is -0.860. The minimum atomic E-state index is -0.547. The molecule has 70 valence electrons. The number of methoxy groups -OCH3 is 1. The molecule has 0 saturated carbocycles. The highest BCUT2D eigenvalue weighted by atomic mass is 16.5. The second kappa shape index (κ2) is 3.13. The van der Waals surface area contributed by atoms with E-state index in [1.165, 1.54) is 5.56 Å². The predicted molar refractivity (Wildman–Crippen MR) is 52.3 cm³/mol. The normalized spacial score (nSPS) is 26.9. The van der Waals surface area contributed by atoms with Crippen LogP contribution in [0.25, 0.3) is 0 Å². The van der Waals surface area contributed by atoms with Crippen molar-refractivity contribution in [3.8, 4) is 0 Å². The molecular weight excluding hydrogens is 162 g/mol. The fourth-order valence-electron chi connectivity index (χ4n) is 2.04. The number of nitrogens with two attached hydrogens (primary N) is 1. The highest BCUT2D eigenvalue weighted by Crippen LogP contribution is 2.33. The van der Waals surface area contributed by atoms with Crippen LogP contribution >= 0.6 is 0 Å². The van der Waals surface area contributed by atoms with Crippen LogP contribution in [-0.2, 0) is 16.9 Å². The molecule has 2 rings (SSSR count). The predicted octanol–water partition coefficient (Wildman–Crippen LogP) is 1.78. The van der Waals surface area contributed by atoms with Crippen molar-refractivity contribution in [1.29, 1.82) is 0 Å². The van der Waals surface area contributed by atoms with Crippen molar-refractivity contribution in [2.75, 3.05) is 7.11 Å². The van der Waals surface area contributed by atoms with Crippen LogP contribution in [-0.4, -0.2) is 7.11 Å². The van der Waals surface area contributed by atoms with Crippen LogP contribution < -0.4 is 5.73 Å². The van der Waals surface area contributed by atoms with Gasteiger partial charge in [-0.05, 0) is 24.8 Å². The standard InChI is InChI=1S/C11H15NO/c1-13-11(12)8-4-6-9-5-2-3-7-10(9)11/h2-3,5,7H,4,6,8,12H2,1H3. The van der Waals surface area contributed by atoms with Crippen LogP contribution in [0.3, 0.4) is 0 Å². The molecule has 0 bridgehead atoms. The average molecular weight is 177 g/mol. The van der Waals surface area contributed by atoms with E-state index >= 15 is 0 Å². The molecular formula is C11H15NO. The third-order valence-electron chi connectivity index (χ3n) is 2.83. The highest BCUT2D eigenvalue weighted by molar-refractivity contribution is 5.33. The molecule has 0 fully saturated rings. The van der Waals surface area contributed by atoms with Crippen molar-refractivity contribution in [2.45, 2.75) is 25.0 Å². The third-order valence-corrected chi connectivity index (χ3v) is 2.83. The molecule has 1 aromatic rings. The minimum Gasteiger partial charge on any atom is -0.360 e. The molecule has 1 unspecified atom stereocenters. The van der Waals surface area contributed by atoms with Crippen LogP contribution in [0.1, 0.15) is 24.0 Å². The first kappa shape index (κ1) is 8.73. The van der Waals surface area contributed by atoms with Crippen LogP contribution in [0.4, 0.5) is 0 Å². The molecule has 2 heteroatoms. The van der Waals surface area contributed by atoms with E-state index in [2.05, 4.69) is 18.2 Å². The first-order valence-corrected chi connectivity index (χ1v) is 4.69. The van der Waals surface area contributed by atoms with Crippen molar-refractivity contribution in [3.05, 3.63) is 35.4 Å². The summed E-state index contributed by atoms with van der Waals surface area (Å²) in [5.74, 6) is 0. The lowest BCUT2D eigenvalue weighted by Crippen LogP contribution is -2.41. The Bertz CT molecular complexity index is 311. The number of benzene rings is 1. The number of hydrogen-bond donors (Lipinski definition) is 1. The molecule has 0 spiro atoms. The summed E-state index contributed by atoms with van der Waals surface area (Å²) in [6.07, 6.45) is 3.15. The van der Waals surface area contributed by atoms with E-state index in [0.717, 1.165) is 24.8 Å². The first-order valence-electron chi connectivity index (χ1n) is 4.69. The Kier molecular flexibility index (Phi) is 2.10. The molecule has 0 aromatic heterocycles. The Labute approximate surface area is 78.7 Å². The number of aryl methyl sites for hydroxylation is 1. The Morgan fingerprint density at radius 3 is 2.92 bits per heavy atom. The quantitative estimate of drug-likeness (QED) is 0.664. The second-order valence-corrected chi connectivity index (χ2v) is 3.60. The van der Waals surface area contributed by atoms with Crippen LogP contribution in [0, 0.1) is 0 Å². The molecule has 1 aliphatic rings. The average Bonchev–Trinajstić information content (AvgIpc) is 2.19. The van der Waals surface area contributed by atoms with Crippen molar-refractivity contribution in [2.24, 2.45) is 5.73 Å². The van der Waals surface area contributed by atoms with Crippen molar-refractivity contribution in [3.63, 3.8) is 0 Å². The van der Waals surface area contributed by atoms with Gasteiger partial charge in [0.2, 0.25) is 0 Å². The topological polar surface area (TPSA) is 35.2 Å². The summed E-state index contributed by atoms with van der Waals surface area (Å²) in [6, 6.07) is 8.28. The molecule has 1 aromatic carbocycles. The van der Waals surface area contributed by atoms with E-state index in [4.69, 9.17) is 10.5 Å². The summed E-state index contributed by atoms with van der Waals surface area (Å²) >= 11 is 0. The summed E-state index contributed by atoms with van der Waals surface area (Å²) in [6.45, 7) is 0. The van der Waals surface area contributed by atoms with Gasteiger partial charge in [-0.1, -0.05) is 24.3 Å². The van der Waals surface area contributed by atoms with Crippen molar-refractivity contribution < 1.29 is 4.74 Å². The van der Waals surface area contributed by atoms with Crippen LogP contribution in [0.15, 0.2) is 24.3 Å². The van der Waals surface area contributed by atoms with E-state index in [1.54, 1.807) is 7.11 Å². The maximum Gasteiger partial charge on any atom is 0.142 e. The highest BCUT2D eigenvalue weighted by Gasteiger charge is 2.31. The number of ether oxygens (including phenoxy) is 1. The molecule has 0 saturated heterocycles. The fraction of sp³-hybridized carbons (Fsp3) is 0.455. The summed E-state index contributed by atoms with van der Waals surface area (Å²) < 4.78 is 5.38. The van der Waals surface area contributed by atoms with Gasteiger partial charge in [0.1, 0.15) is 5.72 Å². The molecule has 1 atom stereocenters. The summed E-state index contributed by atoms with van der Waals surface area (Å²) in [7, 11) is 1.68. The summed E-state index contributed by atoms with van der Waals surface area (Å²) in [5, 5.41) is 0. The van der Waals surface area contributed by atoms with Gasteiger partial charge in [-0.25, -0.2) is 0 Å². The Morgan fingerprint density at radius 2 is 2.15 bits per heavy atom. The van der Waals surface area contributed by atoms with Gasteiger partial charge >= 0.3 is 0 Å². The third kappa shape index (κ3) is 1.36. The lowest BCUT2D eigenvalue weighted by molar-refractivity contribution is -0.0238. The van der Waals surface area contributed by atoms with Gasteiger partial charge in [0.25, 0.3) is 0 Å². The monoisotopic (exact) mass is 177 g/mol. The van der Waals surface area contributed by atoms with E-state index in [9.17, 15) is 0 Å². The van der Waals surface area contributed by atoms with E-state index in [1.807, 2.05) is 6.07 Å². The van der Waals surface area contributed by atoms with Crippen LogP contribution in [0.2, 0.25) is 0 Å². The smallest absolute Gasteiger partial charge is 0.142 e. The molecule has 1 aliphatic carbocycles. The van der Waals surface area contributed by atoms with E-state index in [0.29, 0.717) is 0 Å². The summed E-state index contributed by atoms with van der Waals surface area (Å²) in [5.41, 5.74) is 8.09. The Balaban J connectivity index is 2.48. The molecule has 0 amide bonds. The second-order valence-electron chi connectivity index (χ2n) is 3.60. The van der Waals surface area contributed by atoms with Crippen LogP contribution in [0.5, 0.6) is 0 Å². The van der Waals surface area contributed by atoms with Gasteiger partial charge in [0.15, 0.2) is 0 Å². The lowest BCUT2D eigenvalue weighted by Gasteiger charge is -2.34. The van der Waals surface area contributed by atoms with Gasteiger partial charge in [-0.3, -0.25) is 5.73 Å². The number of hydrogen-bond acceptors (Lipinski definition) is 2. The molecule has 0 aliphatic heterocycles.